The van der Waals surface area contributed by atoms with Crippen molar-refractivity contribution in [3.63, 3.8) is 0 Å². The highest BCUT2D eigenvalue weighted by atomic mass is 16.5. The van der Waals surface area contributed by atoms with Crippen molar-refractivity contribution in [1.82, 2.24) is 10.2 Å². The number of ether oxygens (including phenoxy) is 1. The molecular formula is C20H25N3O2. The Morgan fingerprint density at radius 1 is 1.36 bits per heavy atom. The topological polar surface area (TPSA) is 65.4 Å². The summed E-state index contributed by atoms with van der Waals surface area (Å²) in [4.78, 5) is 14.4. The number of allylic oxidation sites excluding steroid dienone is 2. The Kier molecular flexibility index (Phi) is 5.60. The van der Waals surface area contributed by atoms with Gasteiger partial charge in [-0.05, 0) is 48.8 Å². The summed E-state index contributed by atoms with van der Waals surface area (Å²) in [5.74, 6) is 1.90. The molecule has 1 aromatic carbocycles. The zero-order valence-corrected chi connectivity index (χ0v) is 14.6. The Bertz CT molecular complexity index is 664. The van der Waals surface area contributed by atoms with Crippen LogP contribution in [0.25, 0.3) is 0 Å². The van der Waals surface area contributed by atoms with Gasteiger partial charge in [-0.3, -0.25) is 0 Å². The summed E-state index contributed by atoms with van der Waals surface area (Å²) in [6.45, 7) is 4.08. The lowest BCUT2D eigenvalue weighted by Gasteiger charge is -2.17. The molecule has 0 unspecified atom stereocenters. The number of nitrogens with one attached hydrogen (secondary N) is 1. The Hall–Kier alpha value is -2.48. The fourth-order valence-electron chi connectivity index (χ4n) is 3.56. The van der Waals surface area contributed by atoms with Gasteiger partial charge in [0.05, 0.1) is 0 Å². The Balaban J connectivity index is 1.52. The number of urea groups is 1. The number of nitriles is 1. The van der Waals surface area contributed by atoms with Crippen LogP contribution in [0.4, 0.5) is 4.79 Å². The van der Waals surface area contributed by atoms with Gasteiger partial charge >= 0.3 is 6.03 Å². The molecule has 0 spiro atoms. The summed E-state index contributed by atoms with van der Waals surface area (Å²) < 4.78 is 5.63. The predicted octanol–water partition coefficient (Wildman–Crippen LogP) is 3.48. The van der Waals surface area contributed by atoms with Crippen molar-refractivity contribution in [3.05, 3.63) is 42.0 Å². The molecule has 1 aliphatic carbocycles. The highest BCUT2D eigenvalue weighted by Gasteiger charge is 2.34. The van der Waals surface area contributed by atoms with Gasteiger partial charge in [0.15, 0.2) is 6.10 Å². The second kappa shape index (κ2) is 8.06. The minimum Gasteiger partial charge on any atom is -0.476 e. The van der Waals surface area contributed by atoms with Crippen LogP contribution in [0.3, 0.4) is 0 Å². The van der Waals surface area contributed by atoms with Crippen LogP contribution in [0.2, 0.25) is 0 Å². The van der Waals surface area contributed by atoms with Crippen molar-refractivity contribution in [2.75, 3.05) is 13.1 Å². The van der Waals surface area contributed by atoms with E-state index in [1.807, 2.05) is 36.1 Å². The first-order chi connectivity index (χ1) is 12.2. The van der Waals surface area contributed by atoms with Crippen molar-refractivity contribution in [1.29, 1.82) is 5.26 Å². The summed E-state index contributed by atoms with van der Waals surface area (Å²) >= 11 is 0. The van der Waals surface area contributed by atoms with Crippen LogP contribution < -0.4 is 10.1 Å². The fourth-order valence-corrected chi connectivity index (χ4v) is 3.56. The van der Waals surface area contributed by atoms with Crippen LogP contribution in [0.1, 0.15) is 31.7 Å². The molecular weight excluding hydrogens is 314 g/mol. The van der Waals surface area contributed by atoms with Gasteiger partial charge in [-0.25, -0.2) is 4.79 Å². The van der Waals surface area contributed by atoms with Crippen LogP contribution in [0.5, 0.6) is 5.75 Å². The predicted molar refractivity (Wildman–Crippen MR) is 95.9 cm³/mol. The Morgan fingerprint density at radius 3 is 2.72 bits per heavy atom. The molecule has 1 aliphatic heterocycles. The number of carbonyl (C=O) groups excluding carboxylic acids is 1. The van der Waals surface area contributed by atoms with E-state index in [0.717, 1.165) is 31.5 Å². The molecule has 0 radical (unpaired) electrons. The first-order valence-electron chi connectivity index (χ1n) is 9.02. The van der Waals surface area contributed by atoms with E-state index in [1.165, 1.54) is 0 Å². The van der Waals surface area contributed by atoms with Crippen molar-refractivity contribution in [3.8, 4) is 11.8 Å². The highest BCUT2D eigenvalue weighted by Crippen LogP contribution is 2.32. The second-order valence-electron chi connectivity index (χ2n) is 6.82. The second-order valence-corrected chi connectivity index (χ2v) is 6.82. The van der Waals surface area contributed by atoms with Gasteiger partial charge in [-0.15, -0.1) is 0 Å². The molecule has 1 aromatic rings. The van der Waals surface area contributed by atoms with Crippen LogP contribution in [-0.2, 0) is 6.54 Å². The van der Waals surface area contributed by atoms with Crippen molar-refractivity contribution >= 4 is 6.03 Å². The molecule has 2 amide bonds. The number of carbonyl (C=O) groups is 1. The first kappa shape index (κ1) is 17.3. The maximum Gasteiger partial charge on any atom is 0.317 e. The number of rotatable bonds is 5. The van der Waals surface area contributed by atoms with E-state index in [0.29, 0.717) is 30.6 Å². The molecule has 2 aliphatic rings. The fraction of sp³-hybridized carbons (Fsp3) is 0.500. The quantitative estimate of drug-likeness (QED) is 0.835. The molecule has 1 fully saturated rings. The summed E-state index contributed by atoms with van der Waals surface area (Å²) in [5, 5.41) is 12.0. The summed E-state index contributed by atoms with van der Waals surface area (Å²) in [6.07, 6.45) is 6.85. The molecule has 3 atom stereocenters. The molecule has 5 nitrogen and oxygen atoms in total. The third-order valence-corrected chi connectivity index (χ3v) is 5.04. The third kappa shape index (κ3) is 4.33. The number of benzene rings is 1. The average molecular weight is 339 g/mol. The standard InChI is InChI=1S/C20H25N3O2/c1-2-18(11-21)25-19-9-5-6-15(10-19)12-22-20(24)23-13-16-7-3-4-8-17(16)14-23/h3-6,9-10,16-18H,2,7-8,12-14H2,1H3,(H,22,24)/t16-,17+,18-/m0/s1. The number of nitrogens with zero attached hydrogens (tertiary/aromatic N) is 2. The summed E-state index contributed by atoms with van der Waals surface area (Å²) in [7, 11) is 0. The van der Waals surface area contributed by atoms with E-state index < -0.39 is 6.10 Å². The molecule has 3 rings (SSSR count). The van der Waals surface area contributed by atoms with Gasteiger partial charge in [0, 0.05) is 19.6 Å². The van der Waals surface area contributed by atoms with Crippen molar-refractivity contribution < 1.29 is 9.53 Å². The number of amides is 2. The van der Waals surface area contributed by atoms with E-state index in [-0.39, 0.29) is 6.03 Å². The molecule has 132 valence electrons. The number of hydrogen-bond donors (Lipinski definition) is 1. The smallest absolute Gasteiger partial charge is 0.317 e. The molecule has 0 bridgehead atoms. The molecule has 0 saturated carbocycles. The lowest BCUT2D eigenvalue weighted by atomic mass is 9.86. The van der Waals surface area contributed by atoms with Gasteiger partial charge in [0.2, 0.25) is 0 Å². The maximum absolute atomic E-state index is 12.4. The van der Waals surface area contributed by atoms with Gasteiger partial charge in [0.25, 0.3) is 0 Å². The monoisotopic (exact) mass is 339 g/mol. The minimum atomic E-state index is -0.439. The zero-order valence-electron chi connectivity index (χ0n) is 14.6. The lowest BCUT2D eigenvalue weighted by Crippen LogP contribution is -2.38. The third-order valence-electron chi connectivity index (χ3n) is 5.04. The van der Waals surface area contributed by atoms with Crippen molar-refractivity contribution in [2.24, 2.45) is 11.8 Å². The molecule has 5 heteroatoms. The van der Waals surface area contributed by atoms with Crippen LogP contribution in [0.15, 0.2) is 36.4 Å². The highest BCUT2D eigenvalue weighted by molar-refractivity contribution is 5.74. The van der Waals surface area contributed by atoms with Gasteiger partial charge in [0.1, 0.15) is 11.8 Å². The van der Waals surface area contributed by atoms with Crippen LogP contribution in [-0.4, -0.2) is 30.1 Å². The summed E-state index contributed by atoms with van der Waals surface area (Å²) in [6, 6.07) is 9.69. The van der Waals surface area contributed by atoms with Crippen molar-refractivity contribution in [2.45, 2.75) is 38.8 Å². The van der Waals surface area contributed by atoms with E-state index in [9.17, 15) is 4.79 Å². The van der Waals surface area contributed by atoms with E-state index in [2.05, 4.69) is 23.5 Å². The van der Waals surface area contributed by atoms with E-state index in [4.69, 9.17) is 10.00 Å². The van der Waals surface area contributed by atoms with E-state index >= 15 is 0 Å². The number of hydrogen-bond acceptors (Lipinski definition) is 3. The van der Waals surface area contributed by atoms with E-state index in [1.54, 1.807) is 0 Å². The molecule has 0 aromatic heterocycles. The normalized spacial score (nSPS) is 22.8. The lowest BCUT2D eigenvalue weighted by molar-refractivity contribution is 0.206. The number of fused-ring (bicyclic) bond motifs is 1. The average Bonchev–Trinajstić information content (AvgIpc) is 3.09. The Morgan fingerprint density at radius 2 is 2.08 bits per heavy atom. The van der Waals surface area contributed by atoms with Gasteiger partial charge in [-0.1, -0.05) is 31.2 Å². The molecule has 25 heavy (non-hydrogen) atoms. The molecule has 1 N–H and O–H groups in total. The zero-order chi connectivity index (χ0) is 17.6. The SMILES string of the molecule is CC[C@@H](C#N)Oc1cccc(CNC(=O)N2C[C@H]3CC=CC[C@H]3C2)c1. The van der Waals surface area contributed by atoms with Crippen LogP contribution in [0, 0.1) is 23.2 Å². The Labute approximate surface area is 149 Å². The minimum absolute atomic E-state index is 0.00387. The van der Waals surface area contributed by atoms with Gasteiger partial charge in [-0.2, -0.15) is 5.26 Å². The first-order valence-corrected chi connectivity index (χ1v) is 9.02. The van der Waals surface area contributed by atoms with Gasteiger partial charge < -0.3 is 15.0 Å². The number of likely N-dealkylation sites (tertiary alicyclic amines) is 1. The molecule has 1 heterocycles. The maximum atomic E-state index is 12.4. The largest absolute Gasteiger partial charge is 0.476 e. The molecule has 1 saturated heterocycles. The summed E-state index contributed by atoms with van der Waals surface area (Å²) in [5.41, 5.74) is 0.969. The van der Waals surface area contributed by atoms with Crippen LogP contribution >= 0.6 is 0 Å².